The summed E-state index contributed by atoms with van der Waals surface area (Å²) in [6, 6.07) is 0. The minimum absolute atomic E-state index is 0. The Bertz CT molecular complexity index is 257. The van der Waals surface area contributed by atoms with E-state index < -0.39 is 0 Å². The summed E-state index contributed by atoms with van der Waals surface area (Å²) in [6.45, 7) is 8.37. The van der Waals surface area contributed by atoms with Crippen molar-refractivity contribution >= 4 is 18.3 Å². The van der Waals surface area contributed by atoms with Crippen LogP contribution in [0.25, 0.3) is 0 Å². The van der Waals surface area contributed by atoms with Crippen molar-refractivity contribution in [2.24, 2.45) is 17.8 Å². The van der Waals surface area contributed by atoms with Gasteiger partial charge in [-0.25, -0.2) is 0 Å². The second-order valence-corrected chi connectivity index (χ2v) is 5.90. The number of amides is 1. The van der Waals surface area contributed by atoms with Gasteiger partial charge in [-0.3, -0.25) is 4.79 Å². The first-order chi connectivity index (χ1) is 8.18. The summed E-state index contributed by atoms with van der Waals surface area (Å²) < 4.78 is 0. The Morgan fingerprint density at radius 3 is 2.06 bits per heavy atom. The van der Waals surface area contributed by atoms with Gasteiger partial charge in [0.25, 0.3) is 0 Å². The predicted molar refractivity (Wildman–Crippen MR) is 77.0 cm³/mol. The van der Waals surface area contributed by atoms with E-state index in [1.165, 1.54) is 38.8 Å². The molecular formula is C14H27ClN2O. The highest BCUT2D eigenvalue weighted by Gasteiger charge is 2.29. The van der Waals surface area contributed by atoms with E-state index in [4.69, 9.17) is 0 Å². The zero-order valence-electron chi connectivity index (χ0n) is 11.7. The number of piperidine rings is 2. The molecule has 4 heteroatoms. The molecule has 2 saturated heterocycles. The van der Waals surface area contributed by atoms with Crippen LogP contribution in [-0.2, 0) is 4.79 Å². The van der Waals surface area contributed by atoms with Gasteiger partial charge in [0, 0.05) is 19.0 Å². The molecule has 2 aliphatic heterocycles. The molecular weight excluding hydrogens is 248 g/mol. The van der Waals surface area contributed by atoms with Gasteiger partial charge in [0.1, 0.15) is 0 Å². The number of hydrogen-bond donors (Lipinski definition) is 1. The molecule has 0 atom stereocenters. The molecule has 0 spiro atoms. The molecule has 3 nitrogen and oxygen atoms in total. The number of nitrogens with zero attached hydrogens (tertiary/aromatic N) is 1. The molecule has 1 amide bonds. The van der Waals surface area contributed by atoms with Crippen molar-refractivity contribution < 1.29 is 4.79 Å². The van der Waals surface area contributed by atoms with Crippen molar-refractivity contribution in [3.05, 3.63) is 0 Å². The van der Waals surface area contributed by atoms with Crippen LogP contribution in [0.3, 0.4) is 0 Å². The predicted octanol–water partition coefficient (Wildman–Crippen LogP) is 2.30. The normalized spacial score (nSPS) is 22.9. The molecule has 0 aliphatic carbocycles. The lowest BCUT2D eigenvalue weighted by atomic mass is 9.79. The molecule has 1 N–H and O–H groups in total. The summed E-state index contributed by atoms with van der Waals surface area (Å²) >= 11 is 0. The van der Waals surface area contributed by atoms with Gasteiger partial charge in [-0.2, -0.15) is 0 Å². The lowest BCUT2D eigenvalue weighted by Gasteiger charge is -2.38. The Morgan fingerprint density at radius 2 is 1.56 bits per heavy atom. The number of carbonyl (C=O) groups is 1. The molecule has 2 heterocycles. The molecule has 2 aliphatic rings. The summed E-state index contributed by atoms with van der Waals surface area (Å²) in [5, 5.41) is 3.43. The molecule has 106 valence electrons. The van der Waals surface area contributed by atoms with Crippen LogP contribution in [0.2, 0.25) is 0 Å². The van der Waals surface area contributed by atoms with Crippen molar-refractivity contribution in [3.8, 4) is 0 Å². The van der Waals surface area contributed by atoms with Crippen molar-refractivity contribution in [2.45, 2.75) is 39.5 Å². The van der Waals surface area contributed by atoms with Crippen molar-refractivity contribution in [1.82, 2.24) is 10.2 Å². The lowest BCUT2D eigenvalue weighted by molar-refractivity contribution is -0.136. The van der Waals surface area contributed by atoms with E-state index in [2.05, 4.69) is 10.2 Å². The van der Waals surface area contributed by atoms with Gasteiger partial charge in [0.05, 0.1) is 0 Å². The fraction of sp³-hybridized carbons (Fsp3) is 0.929. The summed E-state index contributed by atoms with van der Waals surface area (Å²) in [5.41, 5.74) is 0. The van der Waals surface area contributed by atoms with Gasteiger partial charge < -0.3 is 10.2 Å². The number of nitrogens with one attached hydrogen (secondary N) is 1. The zero-order valence-corrected chi connectivity index (χ0v) is 12.5. The van der Waals surface area contributed by atoms with E-state index in [1.54, 1.807) is 0 Å². The maximum absolute atomic E-state index is 11.9. The number of halogens is 1. The van der Waals surface area contributed by atoms with Gasteiger partial charge >= 0.3 is 0 Å². The highest BCUT2D eigenvalue weighted by atomic mass is 35.5. The van der Waals surface area contributed by atoms with Crippen LogP contribution in [0, 0.1) is 17.8 Å². The summed E-state index contributed by atoms with van der Waals surface area (Å²) in [4.78, 5) is 14.0. The Kier molecular flexibility index (Phi) is 6.44. The van der Waals surface area contributed by atoms with Gasteiger partial charge in [-0.05, 0) is 50.6 Å². The third-order valence-corrected chi connectivity index (χ3v) is 4.40. The van der Waals surface area contributed by atoms with Crippen LogP contribution in [0.15, 0.2) is 0 Å². The third-order valence-electron chi connectivity index (χ3n) is 4.40. The maximum atomic E-state index is 11.9. The van der Waals surface area contributed by atoms with Crippen LogP contribution in [-0.4, -0.2) is 37.0 Å². The minimum atomic E-state index is 0. The van der Waals surface area contributed by atoms with Crippen LogP contribution in [0.5, 0.6) is 0 Å². The van der Waals surface area contributed by atoms with E-state index in [0.29, 0.717) is 5.91 Å². The Labute approximate surface area is 117 Å². The quantitative estimate of drug-likeness (QED) is 0.838. The van der Waals surface area contributed by atoms with E-state index in [-0.39, 0.29) is 18.3 Å². The molecule has 0 unspecified atom stereocenters. The summed E-state index contributed by atoms with van der Waals surface area (Å²) in [7, 11) is 0. The van der Waals surface area contributed by atoms with Crippen LogP contribution in [0.1, 0.15) is 39.5 Å². The molecule has 0 aromatic heterocycles. The first-order valence-corrected chi connectivity index (χ1v) is 7.18. The van der Waals surface area contributed by atoms with Crippen molar-refractivity contribution in [1.29, 1.82) is 0 Å². The number of rotatable bonds is 2. The van der Waals surface area contributed by atoms with E-state index in [0.717, 1.165) is 24.9 Å². The van der Waals surface area contributed by atoms with Crippen molar-refractivity contribution in [3.63, 3.8) is 0 Å². The molecule has 0 aromatic rings. The smallest absolute Gasteiger partial charge is 0.225 e. The molecule has 0 radical (unpaired) electrons. The van der Waals surface area contributed by atoms with E-state index in [1.807, 2.05) is 13.8 Å². The average molecular weight is 275 g/mol. The standard InChI is InChI=1S/C14H26N2O.ClH/c1-11(2)14(17)16-9-5-13(6-10-16)12-3-7-15-8-4-12;/h11-13,15H,3-10H2,1-2H3;1H. The second-order valence-electron chi connectivity index (χ2n) is 5.90. The zero-order chi connectivity index (χ0) is 12.3. The first kappa shape index (κ1) is 15.8. The highest BCUT2D eigenvalue weighted by molar-refractivity contribution is 5.85. The Morgan fingerprint density at radius 1 is 1.06 bits per heavy atom. The summed E-state index contributed by atoms with van der Waals surface area (Å²) in [6.07, 6.45) is 5.12. The molecule has 0 saturated carbocycles. The number of likely N-dealkylation sites (tertiary alicyclic amines) is 1. The Balaban J connectivity index is 0.00000162. The number of hydrogen-bond acceptors (Lipinski definition) is 2. The monoisotopic (exact) mass is 274 g/mol. The first-order valence-electron chi connectivity index (χ1n) is 7.18. The average Bonchev–Trinajstić information content (AvgIpc) is 2.39. The topological polar surface area (TPSA) is 32.3 Å². The van der Waals surface area contributed by atoms with Crippen LogP contribution >= 0.6 is 12.4 Å². The molecule has 0 aromatic carbocycles. The SMILES string of the molecule is CC(C)C(=O)N1CCC(C2CCNCC2)CC1.Cl. The van der Waals surface area contributed by atoms with Crippen LogP contribution in [0.4, 0.5) is 0 Å². The van der Waals surface area contributed by atoms with E-state index >= 15 is 0 Å². The van der Waals surface area contributed by atoms with Gasteiger partial charge in [-0.1, -0.05) is 13.8 Å². The second kappa shape index (κ2) is 7.34. The molecule has 2 fully saturated rings. The third kappa shape index (κ3) is 3.86. The van der Waals surface area contributed by atoms with Crippen molar-refractivity contribution in [2.75, 3.05) is 26.2 Å². The van der Waals surface area contributed by atoms with E-state index in [9.17, 15) is 4.79 Å². The largest absolute Gasteiger partial charge is 0.342 e. The Hall–Kier alpha value is -0.280. The molecule has 18 heavy (non-hydrogen) atoms. The number of carbonyl (C=O) groups excluding carboxylic acids is 1. The highest BCUT2D eigenvalue weighted by Crippen LogP contribution is 2.31. The molecule has 0 bridgehead atoms. The van der Waals surface area contributed by atoms with Crippen LogP contribution < -0.4 is 5.32 Å². The molecule has 2 rings (SSSR count). The van der Waals surface area contributed by atoms with Gasteiger partial charge in [-0.15, -0.1) is 12.4 Å². The van der Waals surface area contributed by atoms with Gasteiger partial charge in [0.2, 0.25) is 5.91 Å². The lowest BCUT2D eigenvalue weighted by Crippen LogP contribution is -2.43. The fourth-order valence-electron chi connectivity index (χ4n) is 3.27. The maximum Gasteiger partial charge on any atom is 0.225 e. The van der Waals surface area contributed by atoms with Gasteiger partial charge in [0.15, 0.2) is 0 Å². The minimum Gasteiger partial charge on any atom is -0.342 e. The summed E-state index contributed by atoms with van der Waals surface area (Å²) in [5.74, 6) is 2.28. The fourth-order valence-corrected chi connectivity index (χ4v) is 3.27.